The van der Waals surface area contributed by atoms with Crippen molar-refractivity contribution in [1.82, 2.24) is 10.2 Å². The SMILES string of the molecule is CC(C)CCCC(=O)NC1CCN(C)C1. The van der Waals surface area contributed by atoms with Crippen LogP contribution in [0.4, 0.5) is 0 Å². The van der Waals surface area contributed by atoms with Gasteiger partial charge in [-0.3, -0.25) is 4.79 Å². The molecule has 1 aliphatic rings. The molecule has 0 aromatic heterocycles. The van der Waals surface area contributed by atoms with Crippen LogP contribution in [0.1, 0.15) is 39.5 Å². The Hall–Kier alpha value is -0.570. The molecular formula is C12H24N2O. The Labute approximate surface area is 93.2 Å². The van der Waals surface area contributed by atoms with E-state index in [0.29, 0.717) is 18.4 Å². The molecule has 0 radical (unpaired) electrons. The first kappa shape index (κ1) is 12.5. The Morgan fingerprint density at radius 2 is 2.27 bits per heavy atom. The Bertz CT molecular complexity index is 204. The predicted molar refractivity (Wildman–Crippen MR) is 62.7 cm³/mol. The van der Waals surface area contributed by atoms with Crippen molar-refractivity contribution in [1.29, 1.82) is 0 Å². The smallest absolute Gasteiger partial charge is 0.220 e. The molecule has 1 N–H and O–H groups in total. The van der Waals surface area contributed by atoms with Crippen molar-refractivity contribution < 1.29 is 4.79 Å². The molecule has 1 fully saturated rings. The molecule has 88 valence electrons. The molecule has 1 aliphatic heterocycles. The maximum absolute atomic E-state index is 11.6. The van der Waals surface area contributed by atoms with Crippen LogP contribution < -0.4 is 5.32 Å². The lowest BCUT2D eigenvalue weighted by atomic mass is 10.1. The maximum atomic E-state index is 11.6. The molecule has 1 amide bonds. The summed E-state index contributed by atoms with van der Waals surface area (Å²) in [5, 5.41) is 3.10. The van der Waals surface area contributed by atoms with Crippen LogP contribution in [-0.4, -0.2) is 37.0 Å². The zero-order valence-electron chi connectivity index (χ0n) is 10.3. The second-order valence-corrected chi connectivity index (χ2v) is 5.10. The number of rotatable bonds is 5. The van der Waals surface area contributed by atoms with Crippen LogP contribution in [0.15, 0.2) is 0 Å². The van der Waals surface area contributed by atoms with E-state index in [-0.39, 0.29) is 5.91 Å². The second kappa shape index (κ2) is 6.11. The first-order valence-electron chi connectivity index (χ1n) is 6.06. The van der Waals surface area contributed by atoms with Gasteiger partial charge < -0.3 is 10.2 Å². The summed E-state index contributed by atoms with van der Waals surface area (Å²) >= 11 is 0. The van der Waals surface area contributed by atoms with Crippen LogP contribution in [0.3, 0.4) is 0 Å². The van der Waals surface area contributed by atoms with Gasteiger partial charge >= 0.3 is 0 Å². The van der Waals surface area contributed by atoms with Gasteiger partial charge in [0.25, 0.3) is 0 Å². The zero-order chi connectivity index (χ0) is 11.3. The van der Waals surface area contributed by atoms with Gasteiger partial charge in [-0.15, -0.1) is 0 Å². The highest BCUT2D eigenvalue weighted by molar-refractivity contribution is 5.76. The van der Waals surface area contributed by atoms with E-state index in [9.17, 15) is 4.79 Å². The van der Waals surface area contributed by atoms with Gasteiger partial charge in [-0.2, -0.15) is 0 Å². The van der Waals surface area contributed by atoms with Crippen molar-refractivity contribution in [3.05, 3.63) is 0 Å². The minimum absolute atomic E-state index is 0.232. The minimum Gasteiger partial charge on any atom is -0.352 e. The number of carbonyl (C=O) groups is 1. The van der Waals surface area contributed by atoms with E-state index in [2.05, 4.69) is 31.1 Å². The second-order valence-electron chi connectivity index (χ2n) is 5.10. The van der Waals surface area contributed by atoms with Crippen LogP contribution in [0.25, 0.3) is 0 Å². The summed E-state index contributed by atoms with van der Waals surface area (Å²) in [6, 6.07) is 0.390. The van der Waals surface area contributed by atoms with Gasteiger partial charge in [0.2, 0.25) is 5.91 Å². The third-order valence-electron chi connectivity index (χ3n) is 2.94. The summed E-state index contributed by atoms with van der Waals surface area (Å²) in [5.74, 6) is 0.936. The summed E-state index contributed by atoms with van der Waals surface area (Å²) in [4.78, 5) is 13.8. The van der Waals surface area contributed by atoms with Gasteiger partial charge in [-0.1, -0.05) is 20.3 Å². The first-order valence-corrected chi connectivity index (χ1v) is 6.06. The Morgan fingerprint density at radius 1 is 1.53 bits per heavy atom. The van der Waals surface area contributed by atoms with E-state index < -0.39 is 0 Å². The molecular weight excluding hydrogens is 188 g/mol. The van der Waals surface area contributed by atoms with Crippen LogP contribution >= 0.6 is 0 Å². The number of amides is 1. The lowest BCUT2D eigenvalue weighted by Gasteiger charge is -2.13. The summed E-state index contributed by atoms with van der Waals surface area (Å²) in [5.41, 5.74) is 0. The molecule has 15 heavy (non-hydrogen) atoms. The number of nitrogens with one attached hydrogen (secondary N) is 1. The van der Waals surface area contributed by atoms with Crippen LogP contribution in [0, 0.1) is 5.92 Å². The van der Waals surface area contributed by atoms with Crippen molar-refractivity contribution in [3.63, 3.8) is 0 Å². The highest BCUT2D eigenvalue weighted by Gasteiger charge is 2.20. The molecule has 0 saturated carbocycles. The fraction of sp³-hybridized carbons (Fsp3) is 0.917. The van der Waals surface area contributed by atoms with E-state index in [4.69, 9.17) is 0 Å². The third kappa shape index (κ3) is 5.17. The summed E-state index contributed by atoms with van der Waals surface area (Å²) < 4.78 is 0. The van der Waals surface area contributed by atoms with E-state index in [0.717, 1.165) is 32.4 Å². The number of hydrogen-bond donors (Lipinski definition) is 1. The lowest BCUT2D eigenvalue weighted by molar-refractivity contribution is -0.121. The fourth-order valence-corrected chi connectivity index (χ4v) is 2.02. The van der Waals surface area contributed by atoms with Gasteiger partial charge in [0.15, 0.2) is 0 Å². The van der Waals surface area contributed by atoms with Crippen molar-refractivity contribution >= 4 is 5.91 Å². The third-order valence-corrected chi connectivity index (χ3v) is 2.94. The largest absolute Gasteiger partial charge is 0.352 e. The molecule has 0 spiro atoms. The maximum Gasteiger partial charge on any atom is 0.220 e. The molecule has 0 aromatic rings. The van der Waals surface area contributed by atoms with Gasteiger partial charge in [0.05, 0.1) is 0 Å². The van der Waals surface area contributed by atoms with Gasteiger partial charge in [-0.25, -0.2) is 0 Å². The summed E-state index contributed by atoms with van der Waals surface area (Å²) in [6.07, 6.45) is 3.97. The lowest BCUT2D eigenvalue weighted by Crippen LogP contribution is -2.36. The topological polar surface area (TPSA) is 32.3 Å². The Balaban J connectivity index is 2.08. The Kier molecular flexibility index (Phi) is 5.09. The standard InChI is InChI=1S/C12H24N2O/c1-10(2)5-4-6-12(15)13-11-7-8-14(3)9-11/h10-11H,4-9H2,1-3H3,(H,13,15). The summed E-state index contributed by atoms with van der Waals surface area (Å²) in [6.45, 7) is 6.51. The van der Waals surface area contributed by atoms with Crippen LogP contribution in [0.2, 0.25) is 0 Å². The molecule has 1 heterocycles. The first-order chi connectivity index (χ1) is 7.08. The quantitative estimate of drug-likeness (QED) is 0.751. The van der Waals surface area contributed by atoms with Crippen molar-refractivity contribution in [2.24, 2.45) is 5.92 Å². The van der Waals surface area contributed by atoms with Crippen molar-refractivity contribution in [2.45, 2.75) is 45.6 Å². The van der Waals surface area contributed by atoms with Gasteiger partial charge in [0, 0.05) is 19.0 Å². The van der Waals surface area contributed by atoms with Crippen molar-refractivity contribution in [3.8, 4) is 0 Å². The predicted octanol–water partition coefficient (Wildman–Crippen LogP) is 1.63. The van der Waals surface area contributed by atoms with Gasteiger partial charge in [-0.05, 0) is 32.4 Å². The average Bonchev–Trinajstić information content (AvgIpc) is 2.50. The number of likely N-dealkylation sites (N-methyl/N-ethyl adjacent to an activating group) is 1. The molecule has 1 saturated heterocycles. The highest BCUT2D eigenvalue weighted by atomic mass is 16.1. The van der Waals surface area contributed by atoms with Gasteiger partial charge in [0.1, 0.15) is 0 Å². The molecule has 0 aliphatic carbocycles. The number of nitrogens with zero attached hydrogens (tertiary/aromatic N) is 1. The highest BCUT2D eigenvalue weighted by Crippen LogP contribution is 2.08. The normalized spacial score (nSPS) is 22.3. The van der Waals surface area contributed by atoms with E-state index in [1.54, 1.807) is 0 Å². The molecule has 1 rings (SSSR count). The molecule has 1 unspecified atom stereocenters. The minimum atomic E-state index is 0.232. The molecule has 1 atom stereocenters. The molecule has 0 bridgehead atoms. The van der Waals surface area contributed by atoms with Crippen LogP contribution in [0.5, 0.6) is 0 Å². The number of hydrogen-bond acceptors (Lipinski definition) is 2. The summed E-state index contributed by atoms with van der Waals surface area (Å²) in [7, 11) is 2.10. The van der Waals surface area contributed by atoms with E-state index in [1.807, 2.05) is 0 Å². The average molecular weight is 212 g/mol. The number of likely N-dealkylation sites (tertiary alicyclic amines) is 1. The molecule has 0 aromatic carbocycles. The number of carbonyl (C=O) groups excluding carboxylic acids is 1. The molecule has 3 heteroatoms. The van der Waals surface area contributed by atoms with E-state index >= 15 is 0 Å². The monoisotopic (exact) mass is 212 g/mol. The zero-order valence-corrected chi connectivity index (χ0v) is 10.3. The van der Waals surface area contributed by atoms with Crippen LogP contribution in [-0.2, 0) is 4.79 Å². The fourth-order valence-electron chi connectivity index (χ4n) is 2.02. The Morgan fingerprint density at radius 3 is 2.80 bits per heavy atom. The molecule has 3 nitrogen and oxygen atoms in total. The van der Waals surface area contributed by atoms with E-state index in [1.165, 1.54) is 0 Å². The van der Waals surface area contributed by atoms with Crippen molar-refractivity contribution in [2.75, 3.05) is 20.1 Å².